The number of fused-ring (bicyclic) bond motifs is 1. The van der Waals surface area contributed by atoms with Crippen LogP contribution in [0.5, 0.6) is 0 Å². The van der Waals surface area contributed by atoms with Gasteiger partial charge in [-0.3, -0.25) is 15.2 Å². The topological polar surface area (TPSA) is 120 Å². The van der Waals surface area contributed by atoms with Crippen LogP contribution in [0.4, 0.5) is 15.7 Å². The summed E-state index contributed by atoms with van der Waals surface area (Å²) in [7, 11) is 0. The number of amides is 2. The molecule has 0 saturated heterocycles. The first-order valence-corrected chi connectivity index (χ1v) is 6.25. The van der Waals surface area contributed by atoms with E-state index in [-0.39, 0.29) is 11.7 Å². The Balaban J connectivity index is 2.25. The van der Waals surface area contributed by atoms with E-state index in [1.54, 1.807) is 20.8 Å². The highest BCUT2D eigenvalue weighted by molar-refractivity contribution is 7.22. The molecule has 19 heavy (non-hydrogen) atoms. The van der Waals surface area contributed by atoms with Crippen molar-refractivity contribution in [2.24, 2.45) is 5.41 Å². The molecular weight excluding hydrogens is 270 g/mol. The molecular formula is C10H13N5O3S. The molecule has 0 saturated carbocycles. The number of aromatic amines is 1. The number of nitrogens with one attached hydrogen (secondary N) is 3. The van der Waals surface area contributed by atoms with Crippen LogP contribution in [-0.4, -0.2) is 32.3 Å². The molecule has 0 aliphatic rings. The summed E-state index contributed by atoms with van der Waals surface area (Å²) in [4.78, 5) is 26.5. The molecule has 0 bridgehead atoms. The summed E-state index contributed by atoms with van der Waals surface area (Å²) in [5, 5.41) is 20.3. The summed E-state index contributed by atoms with van der Waals surface area (Å²) in [6.45, 7) is 5.38. The summed E-state index contributed by atoms with van der Waals surface area (Å²) in [5.41, 5.74) is -0.0993. The second kappa shape index (κ2) is 4.50. The van der Waals surface area contributed by atoms with Crippen LogP contribution < -0.4 is 10.6 Å². The largest absolute Gasteiger partial charge is 0.465 e. The first-order valence-electron chi connectivity index (χ1n) is 5.43. The molecule has 2 heterocycles. The second-order valence-corrected chi connectivity index (χ2v) is 5.90. The van der Waals surface area contributed by atoms with Gasteiger partial charge >= 0.3 is 6.09 Å². The van der Waals surface area contributed by atoms with Crippen LogP contribution in [0, 0.1) is 5.41 Å². The predicted octanol–water partition coefficient (Wildman–Crippen LogP) is 2.09. The number of aromatic nitrogens is 3. The Bertz CT molecular complexity index is 639. The Morgan fingerprint density at radius 3 is 2.58 bits per heavy atom. The van der Waals surface area contributed by atoms with Gasteiger partial charge in [0.15, 0.2) is 16.6 Å². The lowest BCUT2D eigenvalue weighted by Gasteiger charge is -2.15. The summed E-state index contributed by atoms with van der Waals surface area (Å²) >= 11 is 1.15. The SMILES string of the molecule is CC(C)(C)C(=O)Nc1nc2[nH]nc(NC(=O)O)c2s1. The molecule has 0 atom stereocenters. The van der Waals surface area contributed by atoms with Crippen LogP contribution in [-0.2, 0) is 4.79 Å². The van der Waals surface area contributed by atoms with E-state index in [0.29, 0.717) is 15.5 Å². The van der Waals surface area contributed by atoms with Crippen molar-refractivity contribution in [3.8, 4) is 0 Å². The van der Waals surface area contributed by atoms with Gasteiger partial charge in [-0.2, -0.15) is 5.10 Å². The number of thiazole rings is 1. The van der Waals surface area contributed by atoms with Gasteiger partial charge in [-0.25, -0.2) is 9.78 Å². The van der Waals surface area contributed by atoms with Gasteiger partial charge < -0.3 is 10.4 Å². The molecule has 9 heteroatoms. The van der Waals surface area contributed by atoms with Crippen LogP contribution in [0.1, 0.15) is 20.8 Å². The van der Waals surface area contributed by atoms with E-state index < -0.39 is 11.5 Å². The van der Waals surface area contributed by atoms with Crippen molar-refractivity contribution < 1.29 is 14.7 Å². The van der Waals surface area contributed by atoms with E-state index in [1.807, 2.05) is 0 Å². The zero-order valence-electron chi connectivity index (χ0n) is 10.6. The quantitative estimate of drug-likeness (QED) is 0.672. The fourth-order valence-electron chi connectivity index (χ4n) is 1.24. The van der Waals surface area contributed by atoms with Gasteiger partial charge in [-0.1, -0.05) is 32.1 Å². The first kappa shape index (κ1) is 13.3. The molecule has 0 unspecified atom stereocenters. The third-order valence-electron chi connectivity index (χ3n) is 2.24. The lowest BCUT2D eigenvalue weighted by Crippen LogP contribution is -2.27. The van der Waals surface area contributed by atoms with Crippen molar-refractivity contribution in [1.29, 1.82) is 0 Å². The summed E-state index contributed by atoms with van der Waals surface area (Å²) in [5.74, 6) is 0.0147. The number of carbonyl (C=O) groups is 2. The standard InChI is InChI=1S/C10H13N5O3S/c1-10(2,3)7(16)13-8-11-5-4(19-8)6(15-14-5)12-9(17)18/h1-3H3,(H,17,18)(H3,11,12,13,14,15,16). The summed E-state index contributed by atoms with van der Waals surface area (Å²) < 4.78 is 0.548. The molecule has 2 aromatic rings. The summed E-state index contributed by atoms with van der Waals surface area (Å²) in [6.07, 6.45) is -1.21. The number of anilines is 2. The van der Waals surface area contributed by atoms with Gasteiger partial charge in [0.1, 0.15) is 4.70 Å². The lowest BCUT2D eigenvalue weighted by molar-refractivity contribution is -0.123. The molecule has 0 spiro atoms. The van der Waals surface area contributed by atoms with Crippen molar-refractivity contribution in [1.82, 2.24) is 15.2 Å². The van der Waals surface area contributed by atoms with Crippen LogP contribution in [0.2, 0.25) is 0 Å². The average molecular weight is 283 g/mol. The number of hydrogen-bond donors (Lipinski definition) is 4. The smallest absolute Gasteiger partial charge is 0.410 e. The Hall–Kier alpha value is -2.16. The van der Waals surface area contributed by atoms with Crippen LogP contribution in [0.25, 0.3) is 10.3 Å². The van der Waals surface area contributed by atoms with Gasteiger partial charge in [-0.05, 0) is 0 Å². The van der Waals surface area contributed by atoms with E-state index in [0.717, 1.165) is 11.3 Å². The normalized spacial score (nSPS) is 11.5. The van der Waals surface area contributed by atoms with Gasteiger partial charge in [0.05, 0.1) is 0 Å². The van der Waals surface area contributed by atoms with Crippen molar-refractivity contribution in [2.45, 2.75) is 20.8 Å². The van der Waals surface area contributed by atoms with Crippen molar-refractivity contribution >= 4 is 44.6 Å². The predicted molar refractivity (Wildman–Crippen MR) is 71.5 cm³/mol. The maximum absolute atomic E-state index is 11.8. The van der Waals surface area contributed by atoms with E-state index >= 15 is 0 Å². The van der Waals surface area contributed by atoms with Crippen molar-refractivity contribution in [3.63, 3.8) is 0 Å². The van der Waals surface area contributed by atoms with E-state index in [4.69, 9.17) is 5.11 Å². The molecule has 0 aromatic carbocycles. The molecule has 2 aromatic heterocycles. The zero-order valence-corrected chi connectivity index (χ0v) is 11.4. The second-order valence-electron chi connectivity index (χ2n) is 4.90. The minimum Gasteiger partial charge on any atom is -0.465 e. The minimum absolute atomic E-state index is 0.162. The highest BCUT2D eigenvalue weighted by atomic mass is 32.1. The first-order chi connectivity index (χ1) is 8.77. The minimum atomic E-state index is -1.21. The third-order valence-corrected chi connectivity index (χ3v) is 3.22. The third kappa shape index (κ3) is 2.81. The van der Waals surface area contributed by atoms with Gasteiger partial charge in [-0.15, -0.1) is 0 Å². The lowest BCUT2D eigenvalue weighted by atomic mass is 9.96. The molecule has 0 aliphatic heterocycles. The van der Waals surface area contributed by atoms with Crippen LogP contribution >= 0.6 is 11.3 Å². The Morgan fingerprint density at radius 2 is 2.00 bits per heavy atom. The maximum Gasteiger partial charge on any atom is 0.410 e. The van der Waals surface area contributed by atoms with Crippen molar-refractivity contribution in [3.05, 3.63) is 0 Å². The molecule has 4 N–H and O–H groups in total. The number of rotatable bonds is 2. The highest BCUT2D eigenvalue weighted by Crippen LogP contribution is 2.31. The highest BCUT2D eigenvalue weighted by Gasteiger charge is 2.23. The van der Waals surface area contributed by atoms with Crippen molar-refractivity contribution in [2.75, 3.05) is 10.6 Å². The molecule has 0 radical (unpaired) electrons. The fourth-order valence-corrected chi connectivity index (χ4v) is 2.10. The van der Waals surface area contributed by atoms with Gasteiger partial charge in [0.2, 0.25) is 5.91 Å². The molecule has 2 rings (SSSR count). The molecule has 102 valence electrons. The number of H-pyrrole nitrogens is 1. The van der Waals surface area contributed by atoms with Gasteiger partial charge in [0, 0.05) is 5.41 Å². The Kier molecular flexibility index (Phi) is 3.14. The van der Waals surface area contributed by atoms with Gasteiger partial charge in [0.25, 0.3) is 0 Å². The molecule has 2 amide bonds. The Morgan fingerprint density at radius 1 is 1.32 bits per heavy atom. The summed E-state index contributed by atoms with van der Waals surface area (Å²) in [6, 6.07) is 0. The van der Waals surface area contributed by atoms with E-state index in [9.17, 15) is 9.59 Å². The zero-order chi connectivity index (χ0) is 14.2. The van der Waals surface area contributed by atoms with Crippen LogP contribution in [0.3, 0.4) is 0 Å². The number of carbonyl (C=O) groups excluding carboxylic acids is 1. The van der Waals surface area contributed by atoms with E-state index in [1.165, 1.54) is 0 Å². The Labute approximate surface area is 112 Å². The number of nitrogens with zero attached hydrogens (tertiary/aromatic N) is 2. The van der Waals surface area contributed by atoms with E-state index in [2.05, 4.69) is 25.8 Å². The number of carboxylic acid groups (broad SMARTS) is 1. The molecule has 0 aliphatic carbocycles. The molecule has 8 nitrogen and oxygen atoms in total. The fraction of sp³-hybridized carbons (Fsp3) is 0.400. The number of hydrogen-bond acceptors (Lipinski definition) is 5. The monoisotopic (exact) mass is 283 g/mol. The maximum atomic E-state index is 11.8. The average Bonchev–Trinajstić information content (AvgIpc) is 2.78. The van der Waals surface area contributed by atoms with Crippen LogP contribution in [0.15, 0.2) is 0 Å². The molecule has 0 fully saturated rings.